The highest BCUT2D eigenvalue weighted by atomic mass is 16.5. The molecular formula is C22H29N3O3. The number of nitrogens with one attached hydrogen (secondary N) is 3. The van der Waals surface area contributed by atoms with E-state index in [1.807, 2.05) is 64.1 Å². The normalized spacial score (nSPS) is 10.3. The van der Waals surface area contributed by atoms with E-state index in [2.05, 4.69) is 16.0 Å². The number of rotatable bonds is 8. The molecule has 0 spiro atoms. The minimum atomic E-state index is -0.372. The molecule has 0 unspecified atom stereocenters. The molecule has 0 fully saturated rings. The third-order valence-electron chi connectivity index (χ3n) is 4.25. The second-order valence-corrected chi connectivity index (χ2v) is 6.95. The fourth-order valence-corrected chi connectivity index (χ4v) is 2.88. The van der Waals surface area contributed by atoms with Crippen LogP contribution in [0.1, 0.15) is 28.7 Å². The van der Waals surface area contributed by atoms with Crippen molar-refractivity contribution in [3.63, 3.8) is 0 Å². The molecule has 3 amide bonds. The Labute approximate surface area is 166 Å². The fraction of sp³-hybridized carbons (Fsp3) is 0.364. The zero-order valence-corrected chi connectivity index (χ0v) is 17.0. The summed E-state index contributed by atoms with van der Waals surface area (Å²) in [6.45, 7) is 8.84. The van der Waals surface area contributed by atoms with Crippen molar-refractivity contribution in [1.82, 2.24) is 10.6 Å². The highest BCUT2D eigenvalue weighted by molar-refractivity contribution is 5.95. The summed E-state index contributed by atoms with van der Waals surface area (Å²) in [4.78, 5) is 23.9. The Morgan fingerprint density at radius 3 is 2.18 bits per heavy atom. The van der Waals surface area contributed by atoms with Gasteiger partial charge in [0.1, 0.15) is 5.75 Å². The molecule has 0 aliphatic carbocycles. The molecule has 0 aliphatic heterocycles. The zero-order valence-electron chi connectivity index (χ0n) is 17.0. The Bertz CT molecular complexity index is 793. The summed E-state index contributed by atoms with van der Waals surface area (Å²) in [5, 5.41) is 8.14. The topological polar surface area (TPSA) is 79.5 Å². The fourth-order valence-electron chi connectivity index (χ4n) is 2.88. The summed E-state index contributed by atoms with van der Waals surface area (Å²) >= 11 is 0. The summed E-state index contributed by atoms with van der Waals surface area (Å²) in [5.74, 6) is 0.557. The van der Waals surface area contributed by atoms with E-state index in [-0.39, 0.29) is 18.5 Å². The minimum Gasteiger partial charge on any atom is -0.494 e. The maximum atomic E-state index is 12.1. The lowest BCUT2D eigenvalue weighted by molar-refractivity contribution is -0.115. The van der Waals surface area contributed by atoms with Gasteiger partial charge < -0.3 is 20.7 Å². The molecule has 150 valence electrons. The van der Waals surface area contributed by atoms with Crippen LogP contribution in [0.25, 0.3) is 0 Å². The standard InChI is InChI=1S/C22H29N3O3/c1-15-6-8-19(9-7-15)28-11-5-10-23-22(27)24-14-20(26)25-21-17(3)12-16(2)13-18(21)4/h6-9,12-13H,5,10-11,14H2,1-4H3,(H,25,26)(H2,23,24,27). The predicted molar refractivity (Wildman–Crippen MR) is 112 cm³/mol. The Hall–Kier alpha value is -3.02. The van der Waals surface area contributed by atoms with Gasteiger partial charge >= 0.3 is 6.03 Å². The number of aryl methyl sites for hydroxylation is 4. The molecule has 2 rings (SSSR count). The number of carbonyl (C=O) groups excluding carboxylic acids is 2. The molecule has 2 aromatic rings. The summed E-state index contributed by atoms with van der Waals surface area (Å²) < 4.78 is 5.60. The molecule has 0 bridgehead atoms. The first-order valence-electron chi connectivity index (χ1n) is 9.44. The number of benzene rings is 2. The predicted octanol–water partition coefficient (Wildman–Crippen LogP) is 3.63. The maximum Gasteiger partial charge on any atom is 0.315 e. The van der Waals surface area contributed by atoms with Crippen LogP contribution >= 0.6 is 0 Å². The molecule has 0 heterocycles. The molecule has 2 aromatic carbocycles. The van der Waals surface area contributed by atoms with E-state index >= 15 is 0 Å². The Balaban J connectivity index is 1.63. The molecular weight excluding hydrogens is 354 g/mol. The molecule has 28 heavy (non-hydrogen) atoms. The van der Waals surface area contributed by atoms with E-state index in [0.717, 1.165) is 28.1 Å². The van der Waals surface area contributed by atoms with Crippen LogP contribution in [0.5, 0.6) is 5.75 Å². The van der Waals surface area contributed by atoms with Crippen LogP contribution in [0.15, 0.2) is 36.4 Å². The zero-order chi connectivity index (χ0) is 20.5. The first kappa shape index (κ1) is 21.3. The van der Waals surface area contributed by atoms with Gasteiger partial charge in [0, 0.05) is 12.2 Å². The molecule has 0 aliphatic rings. The third-order valence-corrected chi connectivity index (χ3v) is 4.25. The first-order chi connectivity index (χ1) is 13.3. The number of carbonyl (C=O) groups is 2. The van der Waals surface area contributed by atoms with Crippen LogP contribution in [0.2, 0.25) is 0 Å². The van der Waals surface area contributed by atoms with Crippen LogP contribution in [-0.4, -0.2) is 31.6 Å². The molecule has 0 atom stereocenters. The quantitative estimate of drug-likeness (QED) is 0.609. The van der Waals surface area contributed by atoms with Crippen molar-refractivity contribution < 1.29 is 14.3 Å². The Morgan fingerprint density at radius 1 is 0.893 bits per heavy atom. The molecule has 6 nitrogen and oxygen atoms in total. The monoisotopic (exact) mass is 383 g/mol. The van der Waals surface area contributed by atoms with E-state index in [0.29, 0.717) is 19.6 Å². The number of urea groups is 1. The van der Waals surface area contributed by atoms with Crippen molar-refractivity contribution in [2.24, 2.45) is 0 Å². The smallest absolute Gasteiger partial charge is 0.315 e. The largest absolute Gasteiger partial charge is 0.494 e. The number of ether oxygens (including phenoxy) is 1. The van der Waals surface area contributed by atoms with Gasteiger partial charge in [-0.3, -0.25) is 4.79 Å². The average Bonchev–Trinajstić information content (AvgIpc) is 2.64. The van der Waals surface area contributed by atoms with Gasteiger partial charge in [0.25, 0.3) is 0 Å². The number of hydrogen-bond acceptors (Lipinski definition) is 3. The van der Waals surface area contributed by atoms with Gasteiger partial charge in [-0.05, 0) is 57.4 Å². The van der Waals surface area contributed by atoms with Gasteiger partial charge in [0.05, 0.1) is 13.2 Å². The molecule has 0 saturated carbocycles. The highest BCUT2D eigenvalue weighted by Gasteiger charge is 2.09. The summed E-state index contributed by atoms with van der Waals surface area (Å²) in [5.41, 5.74) is 5.14. The van der Waals surface area contributed by atoms with Crippen molar-refractivity contribution in [3.05, 3.63) is 58.7 Å². The lowest BCUT2D eigenvalue weighted by atomic mass is 10.1. The van der Waals surface area contributed by atoms with Crippen LogP contribution in [0.3, 0.4) is 0 Å². The van der Waals surface area contributed by atoms with Crippen LogP contribution < -0.4 is 20.7 Å². The van der Waals surface area contributed by atoms with Crippen molar-refractivity contribution in [3.8, 4) is 5.75 Å². The van der Waals surface area contributed by atoms with Gasteiger partial charge in [-0.1, -0.05) is 35.4 Å². The van der Waals surface area contributed by atoms with Gasteiger partial charge in [-0.15, -0.1) is 0 Å². The molecule has 6 heteroatoms. The average molecular weight is 383 g/mol. The number of amides is 3. The maximum absolute atomic E-state index is 12.1. The molecule has 0 radical (unpaired) electrons. The van der Waals surface area contributed by atoms with Crippen LogP contribution in [0.4, 0.5) is 10.5 Å². The van der Waals surface area contributed by atoms with Crippen molar-refractivity contribution in [1.29, 1.82) is 0 Å². The van der Waals surface area contributed by atoms with E-state index in [4.69, 9.17) is 4.74 Å². The van der Waals surface area contributed by atoms with E-state index in [9.17, 15) is 9.59 Å². The van der Waals surface area contributed by atoms with Gasteiger partial charge in [0.2, 0.25) is 5.91 Å². The lowest BCUT2D eigenvalue weighted by Crippen LogP contribution is -2.40. The SMILES string of the molecule is Cc1ccc(OCCCNC(=O)NCC(=O)Nc2c(C)cc(C)cc2C)cc1. The number of hydrogen-bond donors (Lipinski definition) is 3. The summed E-state index contributed by atoms with van der Waals surface area (Å²) in [6.07, 6.45) is 0.676. The van der Waals surface area contributed by atoms with Gasteiger partial charge in [0.15, 0.2) is 0 Å². The highest BCUT2D eigenvalue weighted by Crippen LogP contribution is 2.21. The molecule has 0 aromatic heterocycles. The summed E-state index contributed by atoms with van der Waals surface area (Å²) in [7, 11) is 0. The second kappa shape index (κ2) is 10.3. The third kappa shape index (κ3) is 6.95. The van der Waals surface area contributed by atoms with E-state index in [1.165, 1.54) is 5.56 Å². The Kier molecular flexibility index (Phi) is 7.87. The number of anilines is 1. The van der Waals surface area contributed by atoms with E-state index in [1.54, 1.807) is 0 Å². The molecule has 0 saturated heterocycles. The van der Waals surface area contributed by atoms with Crippen LogP contribution in [-0.2, 0) is 4.79 Å². The van der Waals surface area contributed by atoms with Gasteiger partial charge in [-0.2, -0.15) is 0 Å². The summed E-state index contributed by atoms with van der Waals surface area (Å²) in [6, 6.07) is 11.5. The minimum absolute atomic E-state index is 0.0849. The second-order valence-electron chi connectivity index (χ2n) is 6.95. The lowest BCUT2D eigenvalue weighted by Gasteiger charge is -2.13. The van der Waals surface area contributed by atoms with Crippen LogP contribution in [0, 0.1) is 27.7 Å². The van der Waals surface area contributed by atoms with Crippen molar-refractivity contribution in [2.45, 2.75) is 34.1 Å². The first-order valence-corrected chi connectivity index (χ1v) is 9.44. The van der Waals surface area contributed by atoms with Crippen molar-refractivity contribution >= 4 is 17.6 Å². The molecule has 3 N–H and O–H groups in total. The van der Waals surface area contributed by atoms with E-state index < -0.39 is 0 Å². The Morgan fingerprint density at radius 2 is 1.54 bits per heavy atom. The van der Waals surface area contributed by atoms with Crippen molar-refractivity contribution in [2.75, 3.05) is 25.0 Å². The van der Waals surface area contributed by atoms with Gasteiger partial charge in [-0.25, -0.2) is 4.79 Å².